The zero-order valence-electron chi connectivity index (χ0n) is 14.2. The molecule has 1 amide bonds. The Morgan fingerprint density at radius 3 is 2.46 bits per heavy atom. The van der Waals surface area contributed by atoms with Gasteiger partial charge in [0.1, 0.15) is 4.21 Å². The predicted octanol–water partition coefficient (Wildman–Crippen LogP) is 2.76. The molecule has 1 aliphatic heterocycles. The second-order valence-electron chi connectivity index (χ2n) is 6.52. The summed E-state index contributed by atoms with van der Waals surface area (Å²) in [5, 5.41) is 9.25. The number of benzene rings is 1. The Bertz CT molecular complexity index is 920. The lowest BCUT2D eigenvalue weighted by atomic mass is 9.90. The van der Waals surface area contributed by atoms with Crippen molar-refractivity contribution < 1.29 is 23.1 Å². The van der Waals surface area contributed by atoms with E-state index in [1.54, 1.807) is 18.2 Å². The number of carbonyl (C=O) groups is 2. The Morgan fingerprint density at radius 1 is 1.12 bits per heavy atom. The number of carboxylic acid groups (broad SMARTS) is 1. The Kier molecular flexibility index (Phi) is 5.15. The normalized spacial score (nSPS) is 20.7. The zero-order valence-corrected chi connectivity index (χ0v) is 15.8. The highest BCUT2D eigenvalue weighted by Gasteiger charge is 2.33. The monoisotopic (exact) mass is 393 g/mol. The molecule has 0 aliphatic carbocycles. The van der Waals surface area contributed by atoms with Crippen molar-refractivity contribution in [3.63, 3.8) is 0 Å². The molecule has 1 aromatic carbocycles. The predicted molar refractivity (Wildman–Crippen MR) is 97.0 cm³/mol. The number of rotatable bonds is 4. The summed E-state index contributed by atoms with van der Waals surface area (Å²) < 4.78 is 25.4. The lowest BCUT2D eigenvalue weighted by Gasteiger charge is -2.34. The van der Waals surface area contributed by atoms with E-state index in [1.807, 2.05) is 6.92 Å². The fraction of sp³-hybridized carbons (Fsp3) is 0.333. The number of piperidine rings is 1. The fourth-order valence-electron chi connectivity index (χ4n) is 3.15. The lowest BCUT2D eigenvalue weighted by molar-refractivity contribution is -0.143. The minimum absolute atomic E-state index is 0.0845. The highest BCUT2D eigenvalue weighted by atomic mass is 32.2. The van der Waals surface area contributed by atoms with Crippen LogP contribution in [0.1, 0.15) is 23.0 Å². The molecule has 8 heteroatoms. The van der Waals surface area contributed by atoms with E-state index in [-0.39, 0.29) is 27.5 Å². The van der Waals surface area contributed by atoms with Crippen LogP contribution in [0.3, 0.4) is 0 Å². The van der Waals surface area contributed by atoms with Crippen LogP contribution < -0.4 is 0 Å². The number of carbonyl (C=O) groups excluding carboxylic acids is 1. The molecule has 2 heterocycles. The topological polar surface area (TPSA) is 91.8 Å². The second-order valence-corrected chi connectivity index (χ2v) is 9.78. The summed E-state index contributed by atoms with van der Waals surface area (Å²) in [5.74, 6) is -1.73. The number of nitrogens with zero attached hydrogens (tertiary/aromatic N) is 1. The quantitative estimate of drug-likeness (QED) is 0.862. The van der Waals surface area contributed by atoms with Crippen LogP contribution in [0.25, 0.3) is 0 Å². The minimum atomic E-state index is -3.66. The Balaban J connectivity index is 1.83. The Labute approximate surface area is 156 Å². The van der Waals surface area contributed by atoms with Gasteiger partial charge in [0.25, 0.3) is 5.91 Å². The molecule has 26 heavy (non-hydrogen) atoms. The lowest BCUT2D eigenvalue weighted by Crippen LogP contribution is -2.45. The largest absolute Gasteiger partial charge is 0.481 e. The van der Waals surface area contributed by atoms with Gasteiger partial charge in [-0.2, -0.15) is 0 Å². The third-order valence-electron chi connectivity index (χ3n) is 4.41. The van der Waals surface area contributed by atoms with E-state index in [9.17, 15) is 23.1 Å². The number of hydrogen-bond acceptors (Lipinski definition) is 5. The number of amides is 1. The first kappa shape index (κ1) is 18.6. The number of likely N-dealkylation sites (tertiary alicyclic amines) is 1. The molecule has 1 fully saturated rings. The maximum atomic E-state index is 12.7. The van der Waals surface area contributed by atoms with Crippen LogP contribution in [0.15, 0.2) is 51.6 Å². The average molecular weight is 393 g/mol. The van der Waals surface area contributed by atoms with E-state index in [1.165, 1.54) is 29.2 Å². The van der Waals surface area contributed by atoms with Crippen molar-refractivity contribution in [3.05, 3.63) is 47.3 Å². The first-order chi connectivity index (χ1) is 12.3. The van der Waals surface area contributed by atoms with Crippen molar-refractivity contribution in [1.82, 2.24) is 4.90 Å². The third kappa shape index (κ3) is 3.66. The number of sulfone groups is 1. The van der Waals surface area contributed by atoms with Crippen molar-refractivity contribution >= 4 is 33.1 Å². The first-order valence-electron chi connectivity index (χ1n) is 8.21. The maximum absolute atomic E-state index is 12.7. The summed E-state index contributed by atoms with van der Waals surface area (Å²) in [5.41, 5.74) is 0. The number of hydrogen-bond donors (Lipinski definition) is 1. The molecule has 1 aromatic heterocycles. The van der Waals surface area contributed by atoms with E-state index in [0.717, 1.165) is 11.3 Å². The Morgan fingerprint density at radius 2 is 1.81 bits per heavy atom. The van der Waals surface area contributed by atoms with E-state index >= 15 is 0 Å². The van der Waals surface area contributed by atoms with E-state index in [4.69, 9.17) is 0 Å². The minimum Gasteiger partial charge on any atom is -0.481 e. The van der Waals surface area contributed by atoms with E-state index < -0.39 is 21.7 Å². The zero-order chi connectivity index (χ0) is 18.9. The molecule has 0 saturated carbocycles. The van der Waals surface area contributed by atoms with E-state index in [2.05, 4.69) is 0 Å². The maximum Gasteiger partial charge on any atom is 0.308 e. The molecule has 6 nitrogen and oxygen atoms in total. The van der Waals surface area contributed by atoms with Gasteiger partial charge in [-0.25, -0.2) is 8.42 Å². The standard InChI is InChI=1S/C18H19NO5S2/c1-12-9-13(18(21)22)11-19(10-12)17(20)15-7-8-16(25-15)26(23,24)14-5-3-2-4-6-14/h2-8,12-13H,9-11H2,1H3,(H,21,22). The molecule has 3 rings (SSSR count). The van der Waals surface area contributed by atoms with Gasteiger partial charge in [0, 0.05) is 13.1 Å². The Hall–Kier alpha value is -2.19. The van der Waals surface area contributed by atoms with E-state index in [0.29, 0.717) is 17.8 Å². The fourth-order valence-corrected chi connectivity index (χ4v) is 5.84. The van der Waals surface area contributed by atoms with Gasteiger partial charge in [0.15, 0.2) is 0 Å². The number of thiophene rings is 1. The van der Waals surface area contributed by atoms with Crippen LogP contribution in [0.4, 0.5) is 0 Å². The van der Waals surface area contributed by atoms with Crippen molar-refractivity contribution in [2.45, 2.75) is 22.4 Å². The second kappa shape index (κ2) is 7.20. The van der Waals surface area contributed by atoms with Crippen molar-refractivity contribution in [2.24, 2.45) is 11.8 Å². The summed E-state index contributed by atoms with van der Waals surface area (Å²) in [6.45, 7) is 2.54. The van der Waals surface area contributed by atoms with Gasteiger partial charge in [0.05, 0.1) is 15.7 Å². The molecule has 2 atom stereocenters. The number of aliphatic carboxylic acids is 1. The van der Waals surface area contributed by atoms with Gasteiger partial charge >= 0.3 is 5.97 Å². The van der Waals surface area contributed by atoms with Gasteiger partial charge in [-0.3, -0.25) is 9.59 Å². The van der Waals surface area contributed by atoms with Crippen molar-refractivity contribution in [2.75, 3.05) is 13.1 Å². The van der Waals surface area contributed by atoms with Crippen molar-refractivity contribution in [3.8, 4) is 0 Å². The van der Waals surface area contributed by atoms with Crippen LogP contribution in [0.2, 0.25) is 0 Å². The molecule has 2 unspecified atom stereocenters. The smallest absolute Gasteiger partial charge is 0.308 e. The molecular weight excluding hydrogens is 374 g/mol. The molecule has 1 N–H and O–H groups in total. The number of carboxylic acids is 1. The summed E-state index contributed by atoms with van der Waals surface area (Å²) in [6, 6.07) is 11.0. The van der Waals surface area contributed by atoms with Crippen LogP contribution in [0.5, 0.6) is 0 Å². The molecule has 1 saturated heterocycles. The average Bonchev–Trinajstić information content (AvgIpc) is 3.12. The summed E-state index contributed by atoms with van der Waals surface area (Å²) in [7, 11) is -3.66. The van der Waals surface area contributed by atoms with Crippen LogP contribution in [-0.2, 0) is 14.6 Å². The SMILES string of the molecule is CC1CC(C(=O)O)CN(C(=O)c2ccc(S(=O)(=O)c3ccccc3)s2)C1. The molecular formula is C18H19NO5S2. The van der Waals surface area contributed by atoms with Gasteiger partial charge in [-0.05, 0) is 36.6 Å². The summed E-state index contributed by atoms with van der Waals surface area (Å²) >= 11 is 0.921. The molecule has 138 valence electrons. The highest BCUT2D eigenvalue weighted by Crippen LogP contribution is 2.30. The van der Waals surface area contributed by atoms with Gasteiger partial charge < -0.3 is 10.0 Å². The molecule has 0 spiro atoms. The molecule has 0 radical (unpaired) electrons. The highest BCUT2D eigenvalue weighted by molar-refractivity contribution is 7.93. The van der Waals surface area contributed by atoms with Crippen LogP contribution >= 0.6 is 11.3 Å². The van der Waals surface area contributed by atoms with Gasteiger partial charge in [-0.15, -0.1) is 11.3 Å². The molecule has 0 bridgehead atoms. The molecule has 2 aromatic rings. The van der Waals surface area contributed by atoms with Crippen molar-refractivity contribution in [1.29, 1.82) is 0 Å². The summed E-state index contributed by atoms with van der Waals surface area (Å²) in [4.78, 5) is 26.0. The van der Waals surface area contributed by atoms with Gasteiger partial charge in [0.2, 0.25) is 9.84 Å². The molecule has 1 aliphatic rings. The van der Waals surface area contributed by atoms with Crippen LogP contribution in [0, 0.1) is 11.8 Å². The van der Waals surface area contributed by atoms with Crippen LogP contribution in [-0.4, -0.2) is 43.4 Å². The third-order valence-corrected chi connectivity index (χ3v) is 7.74. The summed E-state index contributed by atoms with van der Waals surface area (Å²) in [6.07, 6.45) is 0.539. The first-order valence-corrected chi connectivity index (χ1v) is 10.5. The van der Waals surface area contributed by atoms with Gasteiger partial charge in [-0.1, -0.05) is 25.1 Å².